The van der Waals surface area contributed by atoms with Crippen LogP contribution in [-0.2, 0) is 16.1 Å². The number of methoxy groups -OCH3 is 1. The zero-order valence-electron chi connectivity index (χ0n) is 12.1. The third kappa shape index (κ3) is 3.15. The van der Waals surface area contributed by atoms with Gasteiger partial charge in [0.2, 0.25) is 5.91 Å². The molecule has 1 amide bonds. The Morgan fingerprint density at radius 1 is 1.50 bits per heavy atom. The largest absolute Gasteiger partial charge is 0.465 e. The van der Waals surface area contributed by atoms with Gasteiger partial charge in [-0.15, -0.1) is 0 Å². The molecule has 1 aliphatic rings. The lowest BCUT2D eigenvalue weighted by Crippen LogP contribution is -2.25. The van der Waals surface area contributed by atoms with Gasteiger partial charge in [0.05, 0.1) is 24.9 Å². The van der Waals surface area contributed by atoms with Crippen molar-refractivity contribution in [3.8, 4) is 0 Å². The molecule has 1 saturated heterocycles. The second kappa shape index (κ2) is 6.03. The molecule has 1 atom stereocenters. The van der Waals surface area contributed by atoms with Crippen molar-refractivity contribution in [2.75, 3.05) is 13.7 Å². The van der Waals surface area contributed by atoms with E-state index in [1.807, 2.05) is 4.90 Å². The Kier molecular flexibility index (Phi) is 4.37. The number of pyridine rings is 1. The lowest BCUT2D eigenvalue weighted by Gasteiger charge is -2.17. The number of esters is 1. The van der Waals surface area contributed by atoms with Gasteiger partial charge in [-0.2, -0.15) is 0 Å². The van der Waals surface area contributed by atoms with Crippen molar-refractivity contribution >= 4 is 11.9 Å². The van der Waals surface area contributed by atoms with Crippen molar-refractivity contribution in [1.29, 1.82) is 0 Å². The Balaban J connectivity index is 2.00. The van der Waals surface area contributed by atoms with Crippen LogP contribution < -0.4 is 0 Å². The van der Waals surface area contributed by atoms with E-state index in [-0.39, 0.29) is 5.91 Å². The van der Waals surface area contributed by atoms with Crippen LogP contribution in [-0.4, -0.2) is 35.4 Å². The molecule has 5 heteroatoms. The van der Waals surface area contributed by atoms with Gasteiger partial charge in [0.25, 0.3) is 0 Å². The first-order valence-electron chi connectivity index (χ1n) is 6.82. The van der Waals surface area contributed by atoms with Gasteiger partial charge in [-0.25, -0.2) is 4.79 Å². The number of likely N-dealkylation sites (tertiary alicyclic amines) is 1. The predicted octanol–water partition coefficient (Wildman–Crippen LogP) is 1.87. The number of hydrogen-bond acceptors (Lipinski definition) is 4. The Bertz CT molecular complexity index is 496. The second-order valence-corrected chi connectivity index (χ2v) is 5.51. The van der Waals surface area contributed by atoms with Crippen molar-refractivity contribution in [2.45, 2.75) is 26.8 Å². The summed E-state index contributed by atoms with van der Waals surface area (Å²) in [6.07, 6.45) is 2.11. The van der Waals surface area contributed by atoms with Crippen molar-refractivity contribution in [2.24, 2.45) is 11.8 Å². The van der Waals surface area contributed by atoms with Crippen LogP contribution in [0.15, 0.2) is 18.3 Å². The zero-order valence-corrected chi connectivity index (χ0v) is 12.1. The molecule has 1 aromatic rings. The molecule has 5 nitrogen and oxygen atoms in total. The third-order valence-corrected chi connectivity index (χ3v) is 3.79. The summed E-state index contributed by atoms with van der Waals surface area (Å²) < 4.78 is 4.62. The van der Waals surface area contributed by atoms with E-state index in [4.69, 9.17) is 0 Å². The van der Waals surface area contributed by atoms with Gasteiger partial charge >= 0.3 is 5.97 Å². The van der Waals surface area contributed by atoms with E-state index in [0.717, 1.165) is 12.2 Å². The molecule has 2 rings (SSSR count). The van der Waals surface area contributed by atoms with Crippen LogP contribution in [0.3, 0.4) is 0 Å². The molecule has 1 fully saturated rings. The van der Waals surface area contributed by atoms with E-state index in [1.54, 1.807) is 12.1 Å². The highest BCUT2D eigenvalue weighted by molar-refractivity contribution is 5.88. The van der Waals surface area contributed by atoms with E-state index < -0.39 is 5.97 Å². The van der Waals surface area contributed by atoms with Gasteiger partial charge in [0, 0.05) is 19.2 Å². The topological polar surface area (TPSA) is 59.5 Å². The number of nitrogens with zero attached hydrogens (tertiary/aromatic N) is 2. The molecule has 0 bridgehead atoms. The molecule has 0 spiro atoms. The molecule has 0 N–H and O–H groups in total. The lowest BCUT2D eigenvalue weighted by molar-refractivity contribution is -0.128. The summed E-state index contributed by atoms with van der Waals surface area (Å²) in [4.78, 5) is 29.3. The minimum Gasteiger partial charge on any atom is -0.465 e. The second-order valence-electron chi connectivity index (χ2n) is 5.51. The summed E-state index contributed by atoms with van der Waals surface area (Å²) in [6.45, 7) is 5.58. The summed E-state index contributed by atoms with van der Waals surface area (Å²) in [6, 6.07) is 3.44. The average Bonchev–Trinajstić information content (AvgIpc) is 2.80. The number of ether oxygens (including phenoxy) is 1. The molecule has 0 aliphatic carbocycles. The van der Waals surface area contributed by atoms with Gasteiger partial charge in [-0.3, -0.25) is 9.78 Å². The molecule has 1 aliphatic heterocycles. The van der Waals surface area contributed by atoms with E-state index >= 15 is 0 Å². The normalized spacial score (nSPS) is 18.7. The summed E-state index contributed by atoms with van der Waals surface area (Å²) in [5.41, 5.74) is 1.21. The minimum absolute atomic E-state index is 0.183. The van der Waals surface area contributed by atoms with Crippen molar-refractivity contribution in [3.05, 3.63) is 29.6 Å². The van der Waals surface area contributed by atoms with Crippen LogP contribution in [0.1, 0.15) is 36.3 Å². The molecule has 0 radical (unpaired) electrons. The third-order valence-electron chi connectivity index (χ3n) is 3.79. The van der Waals surface area contributed by atoms with Crippen molar-refractivity contribution in [1.82, 2.24) is 9.88 Å². The van der Waals surface area contributed by atoms with E-state index in [1.165, 1.54) is 13.3 Å². The molecule has 20 heavy (non-hydrogen) atoms. The maximum Gasteiger partial charge on any atom is 0.339 e. The van der Waals surface area contributed by atoms with Crippen LogP contribution in [0.2, 0.25) is 0 Å². The number of aromatic nitrogens is 1. The summed E-state index contributed by atoms with van der Waals surface area (Å²) in [5.74, 6) is 0.721. The Morgan fingerprint density at radius 2 is 2.25 bits per heavy atom. The number of carbonyl (C=O) groups excluding carboxylic acids is 2. The molecule has 1 aromatic heterocycles. The highest BCUT2D eigenvalue weighted by Gasteiger charge is 2.31. The van der Waals surface area contributed by atoms with Crippen LogP contribution in [0.5, 0.6) is 0 Å². The number of carbonyl (C=O) groups is 2. The molecular formula is C15H20N2O3. The van der Waals surface area contributed by atoms with Gasteiger partial charge in [-0.05, 0) is 24.0 Å². The predicted molar refractivity (Wildman–Crippen MR) is 73.9 cm³/mol. The number of hydrogen-bond donors (Lipinski definition) is 0. The molecular weight excluding hydrogens is 256 g/mol. The van der Waals surface area contributed by atoms with Crippen LogP contribution in [0.25, 0.3) is 0 Å². The van der Waals surface area contributed by atoms with E-state index in [2.05, 4.69) is 23.6 Å². The Hall–Kier alpha value is -1.91. The maximum absolute atomic E-state index is 11.9. The zero-order chi connectivity index (χ0) is 14.7. The van der Waals surface area contributed by atoms with Crippen LogP contribution >= 0.6 is 0 Å². The van der Waals surface area contributed by atoms with Crippen molar-refractivity contribution < 1.29 is 14.3 Å². The quantitative estimate of drug-likeness (QED) is 0.788. The maximum atomic E-state index is 11.9. The smallest absolute Gasteiger partial charge is 0.339 e. The first-order chi connectivity index (χ1) is 9.51. The molecule has 0 aromatic carbocycles. The highest BCUT2D eigenvalue weighted by atomic mass is 16.5. The van der Waals surface area contributed by atoms with Crippen molar-refractivity contribution in [3.63, 3.8) is 0 Å². The SMILES string of the molecule is COC(=O)c1ccc(CN2CC(C(C)C)CC2=O)nc1. The lowest BCUT2D eigenvalue weighted by atomic mass is 9.95. The van der Waals surface area contributed by atoms with E-state index in [0.29, 0.717) is 30.4 Å². The fourth-order valence-electron chi connectivity index (χ4n) is 2.35. The standard InChI is InChI=1S/C15H20N2O3/c1-10(2)12-6-14(18)17(8-12)9-13-5-4-11(7-16-13)15(19)20-3/h4-5,7,10,12H,6,8-9H2,1-3H3. The van der Waals surface area contributed by atoms with Gasteiger partial charge in [0.15, 0.2) is 0 Å². The fraction of sp³-hybridized carbons (Fsp3) is 0.533. The van der Waals surface area contributed by atoms with E-state index in [9.17, 15) is 9.59 Å². The van der Waals surface area contributed by atoms with Gasteiger partial charge < -0.3 is 9.64 Å². The summed E-state index contributed by atoms with van der Waals surface area (Å²) >= 11 is 0. The average molecular weight is 276 g/mol. The first-order valence-corrected chi connectivity index (χ1v) is 6.82. The fourth-order valence-corrected chi connectivity index (χ4v) is 2.35. The molecule has 2 heterocycles. The molecule has 108 valence electrons. The summed E-state index contributed by atoms with van der Waals surface area (Å²) in [7, 11) is 1.34. The number of amides is 1. The Morgan fingerprint density at radius 3 is 2.75 bits per heavy atom. The monoisotopic (exact) mass is 276 g/mol. The number of rotatable bonds is 4. The Labute approximate surface area is 118 Å². The summed E-state index contributed by atoms with van der Waals surface area (Å²) in [5, 5.41) is 0. The molecule has 0 saturated carbocycles. The molecule has 1 unspecified atom stereocenters. The van der Waals surface area contributed by atoms with Gasteiger partial charge in [-0.1, -0.05) is 13.8 Å². The van der Waals surface area contributed by atoms with Gasteiger partial charge in [0.1, 0.15) is 0 Å². The minimum atomic E-state index is -0.402. The first kappa shape index (κ1) is 14.5. The van der Waals surface area contributed by atoms with Crippen LogP contribution in [0.4, 0.5) is 0 Å². The van der Waals surface area contributed by atoms with Crippen LogP contribution in [0, 0.1) is 11.8 Å². The highest BCUT2D eigenvalue weighted by Crippen LogP contribution is 2.25.